The largest absolute Gasteiger partial charge is 0.352 e. The minimum absolute atomic E-state index is 0.00199. The van der Waals surface area contributed by atoms with Gasteiger partial charge in [0.25, 0.3) is 11.6 Å². The monoisotopic (exact) mass is 315 g/mol. The van der Waals surface area contributed by atoms with Crippen LogP contribution in [0.15, 0.2) is 22.7 Å². The Balaban J connectivity index is 2.76. The predicted molar refractivity (Wildman–Crippen MR) is 71.4 cm³/mol. The van der Waals surface area contributed by atoms with Crippen LogP contribution in [0.25, 0.3) is 0 Å². The van der Waals surface area contributed by atoms with E-state index in [4.69, 9.17) is 5.73 Å². The summed E-state index contributed by atoms with van der Waals surface area (Å²) in [5.41, 5.74) is 5.68. The fourth-order valence-corrected chi connectivity index (χ4v) is 1.81. The number of halogens is 1. The van der Waals surface area contributed by atoms with Crippen LogP contribution < -0.4 is 11.1 Å². The highest BCUT2D eigenvalue weighted by molar-refractivity contribution is 9.10. The lowest BCUT2D eigenvalue weighted by Gasteiger charge is -2.07. The molecule has 1 amide bonds. The van der Waals surface area contributed by atoms with Crippen molar-refractivity contribution in [3.63, 3.8) is 0 Å². The highest BCUT2D eigenvalue weighted by Gasteiger charge is 2.13. The van der Waals surface area contributed by atoms with E-state index >= 15 is 0 Å². The van der Waals surface area contributed by atoms with Crippen LogP contribution in [0.1, 0.15) is 23.7 Å². The maximum Gasteiger partial charge on any atom is 0.271 e. The summed E-state index contributed by atoms with van der Waals surface area (Å²) in [5.74, 6) is -0.347. The van der Waals surface area contributed by atoms with Gasteiger partial charge in [-0.05, 0) is 19.4 Å². The van der Waals surface area contributed by atoms with Gasteiger partial charge >= 0.3 is 0 Å². The molecular weight excluding hydrogens is 302 g/mol. The van der Waals surface area contributed by atoms with Crippen molar-refractivity contribution in [1.29, 1.82) is 0 Å². The first-order valence-corrected chi connectivity index (χ1v) is 6.18. The quantitative estimate of drug-likeness (QED) is 0.639. The van der Waals surface area contributed by atoms with E-state index in [2.05, 4.69) is 21.2 Å². The summed E-state index contributed by atoms with van der Waals surface area (Å²) in [7, 11) is 0. The van der Waals surface area contributed by atoms with E-state index in [1.165, 1.54) is 18.2 Å². The smallest absolute Gasteiger partial charge is 0.271 e. The van der Waals surface area contributed by atoms with E-state index < -0.39 is 4.92 Å². The molecule has 7 heteroatoms. The lowest BCUT2D eigenvalue weighted by Crippen LogP contribution is -2.28. The van der Waals surface area contributed by atoms with Crippen LogP contribution in [0.4, 0.5) is 5.69 Å². The lowest BCUT2D eigenvalue weighted by atomic mass is 10.2. The van der Waals surface area contributed by atoms with E-state index in [0.29, 0.717) is 17.4 Å². The molecule has 0 fully saturated rings. The highest BCUT2D eigenvalue weighted by atomic mass is 79.9. The van der Waals surface area contributed by atoms with Crippen LogP contribution in [0.3, 0.4) is 0 Å². The Bertz CT molecular complexity index is 463. The molecule has 0 aliphatic carbocycles. The highest BCUT2D eigenvalue weighted by Crippen LogP contribution is 2.21. The number of nitro benzene ring substituents is 1. The summed E-state index contributed by atoms with van der Waals surface area (Å²) in [6.07, 6.45) is 0.655. The van der Waals surface area contributed by atoms with Crippen molar-refractivity contribution in [1.82, 2.24) is 5.32 Å². The number of hydrogen-bond donors (Lipinski definition) is 2. The zero-order valence-corrected chi connectivity index (χ0v) is 11.4. The number of non-ortho nitro benzene ring substituents is 1. The van der Waals surface area contributed by atoms with Gasteiger partial charge in [-0.3, -0.25) is 14.9 Å². The molecule has 0 heterocycles. The normalized spacial score (nSPS) is 11.9. The zero-order chi connectivity index (χ0) is 13.7. The number of carbonyl (C=O) groups is 1. The van der Waals surface area contributed by atoms with Crippen LogP contribution in [0.5, 0.6) is 0 Å². The second kappa shape index (κ2) is 6.46. The Morgan fingerprint density at radius 1 is 1.56 bits per heavy atom. The summed E-state index contributed by atoms with van der Waals surface area (Å²) < 4.78 is 0.494. The molecule has 1 unspecified atom stereocenters. The van der Waals surface area contributed by atoms with Gasteiger partial charge < -0.3 is 11.1 Å². The molecule has 0 aliphatic heterocycles. The second-order valence-electron chi connectivity index (χ2n) is 3.98. The number of nitro groups is 1. The van der Waals surface area contributed by atoms with Gasteiger partial charge in [0.15, 0.2) is 0 Å². The Kier molecular flexibility index (Phi) is 5.24. The summed E-state index contributed by atoms with van der Waals surface area (Å²) in [6, 6.07) is 4.13. The van der Waals surface area contributed by atoms with Crippen LogP contribution in [0.2, 0.25) is 0 Å². The van der Waals surface area contributed by atoms with E-state index in [1.807, 2.05) is 6.92 Å². The average molecular weight is 316 g/mol. The molecule has 0 spiro atoms. The first kappa shape index (κ1) is 14.6. The lowest BCUT2D eigenvalue weighted by molar-refractivity contribution is -0.385. The summed E-state index contributed by atoms with van der Waals surface area (Å²) in [6.45, 7) is 2.28. The van der Waals surface area contributed by atoms with E-state index in [-0.39, 0.29) is 23.2 Å². The van der Waals surface area contributed by atoms with Crippen molar-refractivity contribution in [3.8, 4) is 0 Å². The van der Waals surface area contributed by atoms with E-state index in [9.17, 15) is 14.9 Å². The van der Waals surface area contributed by atoms with E-state index in [1.54, 1.807) is 0 Å². The molecule has 0 saturated heterocycles. The second-order valence-corrected chi connectivity index (χ2v) is 4.89. The molecule has 98 valence electrons. The molecule has 1 aromatic rings. The Hall–Kier alpha value is -1.47. The van der Waals surface area contributed by atoms with Gasteiger partial charge in [-0.15, -0.1) is 0 Å². The van der Waals surface area contributed by atoms with Crippen molar-refractivity contribution in [3.05, 3.63) is 38.3 Å². The first-order valence-electron chi connectivity index (χ1n) is 5.39. The first-order chi connectivity index (χ1) is 8.40. The van der Waals surface area contributed by atoms with Crippen molar-refractivity contribution >= 4 is 27.5 Å². The number of nitrogens with one attached hydrogen (secondary N) is 1. The predicted octanol–water partition coefficient (Wildman–Crippen LogP) is 1.82. The number of amides is 1. The number of nitrogens with zero attached hydrogens (tertiary/aromatic N) is 1. The van der Waals surface area contributed by atoms with Gasteiger partial charge in [0, 0.05) is 34.8 Å². The van der Waals surface area contributed by atoms with Gasteiger partial charge in [-0.2, -0.15) is 0 Å². The molecule has 0 saturated carbocycles. The van der Waals surface area contributed by atoms with Gasteiger partial charge in [0.1, 0.15) is 0 Å². The van der Waals surface area contributed by atoms with Crippen LogP contribution in [-0.4, -0.2) is 23.4 Å². The van der Waals surface area contributed by atoms with Crippen molar-refractivity contribution < 1.29 is 9.72 Å². The molecule has 1 aromatic carbocycles. The molecule has 0 aliphatic rings. The molecule has 6 nitrogen and oxygen atoms in total. The molecule has 18 heavy (non-hydrogen) atoms. The van der Waals surface area contributed by atoms with Crippen molar-refractivity contribution in [2.45, 2.75) is 19.4 Å². The fraction of sp³-hybridized carbons (Fsp3) is 0.364. The van der Waals surface area contributed by atoms with Crippen LogP contribution >= 0.6 is 15.9 Å². The third-order valence-corrected chi connectivity index (χ3v) is 2.70. The Labute approximate surface area is 113 Å². The number of rotatable bonds is 5. The van der Waals surface area contributed by atoms with Gasteiger partial charge in [-0.1, -0.05) is 15.9 Å². The molecule has 1 atom stereocenters. The molecule has 1 rings (SSSR count). The van der Waals surface area contributed by atoms with E-state index in [0.717, 1.165) is 0 Å². The summed E-state index contributed by atoms with van der Waals surface area (Å²) >= 11 is 3.14. The Morgan fingerprint density at radius 3 is 2.78 bits per heavy atom. The number of benzene rings is 1. The van der Waals surface area contributed by atoms with Crippen molar-refractivity contribution in [2.24, 2.45) is 5.73 Å². The van der Waals surface area contributed by atoms with Crippen molar-refractivity contribution in [2.75, 3.05) is 6.54 Å². The number of carbonyl (C=O) groups excluding carboxylic acids is 1. The molecule has 0 bridgehead atoms. The number of nitrogens with two attached hydrogens (primary N) is 1. The minimum Gasteiger partial charge on any atom is -0.352 e. The maximum atomic E-state index is 11.8. The minimum atomic E-state index is -0.538. The summed E-state index contributed by atoms with van der Waals surface area (Å²) in [5, 5.41) is 13.3. The topological polar surface area (TPSA) is 98.3 Å². The van der Waals surface area contributed by atoms with Gasteiger partial charge in [0.2, 0.25) is 0 Å². The van der Waals surface area contributed by atoms with Gasteiger partial charge in [0.05, 0.1) is 4.92 Å². The number of hydrogen-bond acceptors (Lipinski definition) is 4. The fourth-order valence-electron chi connectivity index (χ4n) is 1.33. The molecule has 3 N–H and O–H groups in total. The van der Waals surface area contributed by atoms with Gasteiger partial charge in [-0.25, -0.2) is 0 Å². The SMILES string of the molecule is CC(N)CCNC(=O)c1cc(Br)cc([N+](=O)[O-])c1. The Morgan fingerprint density at radius 2 is 2.22 bits per heavy atom. The molecule has 0 aromatic heterocycles. The standard InChI is InChI=1S/C11H14BrN3O3/c1-7(13)2-3-14-11(16)8-4-9(12)6-10(5-8)15(17)18/h4-7H,2-3,13H2,1H3,(H,14,16). The summed E-state index contributed by atoms with van der Waals surface area (Å²) in [4.78, 5) is 21.9. The molecular formula is C11H14BrN3O3. The zero-order valence-electron chi connectivity index (χ0n) is 9.85. The maximum absolute atomic E-state index is 11.8. The molecule has 0 radical (unpaired) electrons. The third kappa shape index (κ3) is 4.42. The van der Waals surface area contributed by atoms with Crippen LogP contribution in [-0.2, 0) is 0 Å². The third-order valence-electron chi connectivity index (χ3n) is 2.24. The van der Waals surface area contributed by atoms with Crippen LogP contribution in [0, 0.1) is 10.1 Å². The average Bonchev–Trinajstić information content (AvgIpc) is 2.27.